The van der Waals surface area contributed by atoms with Gasteiger partial charge in [0.05, 0.1) is 24.1 Å². The Hall–Kier alpha value is -2.06. The number of para-hydroxylation sites is 1. The minimum Gasteiger partial charge on any atom is -0.479 e. The molecular weight excluding hydrogens is 368 g/mol. The lowest BCUT2D eigenvalue weighted by molar-refractivity contribution is -0.138. The molecule has 1 aromatic rings. The maximum absolute atomic E-state index is 13.0. The third-order valence-corrected chi connectivity index (χ3v) is 5.06. The van der Waals surface area contributed by atoms with Gasteiger partial charge in [-0.3, -0.25) is 9.59 Å². The van der Waals surface area contributed by atoms with Crippen molar-refractivity contribution < 1.29 is 24.2 Å². The molecule has 0 aliphatic rings. The summed E-state index contributed by atoms with van der Waals surface area (Å²) in [7, 11) is 1.57. The molecule has 2 amide bonds. The summed E-state index contributed by atoms with van der Waals surface area (Å²) in [5, 5.41) is 10.4. The number of aliphatic carboxylic acids is 1. The van der Waals surface area contributed by atoms with Crippen molar-refractivity contribution in [3.63, 3.8) is 0 Å². The summed E-state index contributed by atoms with van der Waals surface area (Å²) in [6, 6.07) is 5.65. The van der Waals surface area contributed by atoms with Gasteiger partial charge in [0.1, 0.15) is 0 Å². The summed E-state index contributed by atoms with van der Waals surface area (Å²) in [5.41, 5.74) is 2.83. The number of hydrogen-bond acceptors (Lipinski definition) is 5. The van der Waals surface area contributed by atoms with E-state index in [1.54, 1.807) is 12.0 Å². The van der Waals surface area contributed by atoms with Crippen LogP contribution in [0.1, 0.15) is 31.9 Å². The second-order valence-electron chi connectivity index (χ2n) is 6.23. The Morgan fingerprint density at radius 3 is 2.52 bits per heavy atom. The van der Waals surface area contributed by atoms with Gasteiger partial charge in [-0.2, -0.15) is 0 Å². The normalized spacial score (nSPS) is 12.9. The van der Waals surface area contributed by atoms with E-state index in [2.05, 4.69) is 5.32 Å². The predicted octanol–water partition coefficient (Wildman–Crippen LogP) is 2.21. The number of aryl methyl sites for hydroxylation is 2. The monoisotopic (exact) mass is 396 g/mol. The molecule has 0 saturated heterocycles. The highest BCUT2D eigenvalue weighted by Gasteiger charge is 2.28. The van der Waals surface area contributed by atoms with Crippen LogP contribution in [0.3, 0.4) is 0 Å². The van der Waals surface area contributed by atoms with Crippen molar-refractivity contribution in [2.24, 2.45) is 0 Å². The van der Waals surface area contributed by atoms with Crippen molar-refractivity contribution in [2.45, 2.75) is 45.5 Å². The van der Waals surface area contributed by atoms with Crippen molar-refractivity contribution >= 4 is 35.2 Å². The molecule has 0 bridgehead atoms. The van der Waals surface area contributed by atoms with Crippen LogP contribution >= 0.6 is 11.8 Å². The van der Waals surface area contributed by atoms with Crippen molar-refractivity contribution in [2.75, 3.05) is 24.4 Å². The van der Waals surface area contributed by atoms with Crippen molar-refractivity contribution in [3.8, 4) is 0 Å². The van der Waals surface area contributed by atoms with E-state index in [1.807, 2.05) is 39.0 Å². The predicted molar refractivity (Wildman–Crippen MR) is 107 cm³/mol. The first-order valence-corrected chi connectivity index (χ1v) is 9.78. The van der Waals surface area contributed by atoms with Crippen LogP contribution in [0.25, 0.3) is 0 Å². The zero-order chi connectivity index (χ0) is 20.6. The molecule has 0 aromatic heterocycles. The third-order valence-electron chi connectivity index (χ3n) is 3.99. The number of thioether (sulfide) groups is 1. The van der Waals surface area contributed by atoms with E-state index < -0.39 is 17.3 Å². The van der Waals surface area contributed by atoms with Crippen LogP contribution in [-0.4, -0.2) is 53.8 Å². The lowest BCUT2D eigenvalue weighted by Crippen LogP contribution is -2.44. The number of amides is 2. The Morgan fingerprint density at radius 2 is 2.00 bits per heavy atom. The zero-order valence-corrected chi connectivity index (χ0v) is 17.3. The van der Waals surface area contributed by atoms with Gasteiger partial charge in [0.25, 0.3) is 0 Å². The summed E-state index contributed by atoms with van der Waals surface area (Å²) in [6.07, 6.45) is 0.761. The van der Waals surface area contributed by atoms with Gasteiger partial charge in [-0.25, -0.2) is 4.79 Å². The molecule has 2 unspecified atom stereocenters. The molecule has 0 aliphatic heterocycles. The van der Waals surface area contributed by atoms with Gasteiger partial charge < -0.3 is 20.1 Å². The molecule has 0 aliphatic carbocycles. The average molecular weight is 397 g/mol. The van der Waals surface area contributed by atoms with Gasteiger partial charge in [-0.1, -0.05) is 25.1 Å². The summed E-state index contributed by atoms with van der Waals surface area (Å²) < 4.78 is 5.23. The minimum absolute atomic E-state index is 0.0806. The number of benzene rings is 1. The van der Waals surface area contributed by atoms with Gasteiger partial charge in [-0.15, -0.1) is 11.8 Å². The zero-order valence-electron chi connectivity index (χ0n) is 16.4. The maximum atomic E-state index is 13.0. The van der Waals surface area contributed by atoms with Crippen LogP contribution in [0.5, 0.6) is 0 Å². The van der Waals surface area contributed by atoms with Gasteiger partial charge in [0.15, 0.2) is 5.37 Å². The van der Waals surface area contributed by atoms with Gasteiger partial charge in [0.2, 0.25) is 11.8 Å². The highest BCUT2D eigenvalue weighted by atomic mass is 32.2. The van der Waals surface area contributed by atoms with E-state index in [9.17, 15) is 19.5 Å². The summed E-state index contributed by atoms with van der Waals surface area (Å²) in [6.45, 7) is 7.45. The Morgan fingerprint density at radius 1 is 1.33 bits per heavy atom. The van der Waals surface area contributed by atoms with Crippen LogP contribution in [0.2, 0.25) is 0 Å². The van der Waals surface area contributed by atoms with E-state index in [1.165, 1.54) is 6.92 Å². The van der Waals surface area contributed by atoms with Crippen LogP contribution in [0.4, 0.5) is 5.69 Å². The first-order valence-electron chi connectivity index (χ1n) is 8.73. The average Bonchev–Trinajstić information content (AvgIpc) is 2.59. The summed E-state index contributed by atoms with van der Waals surface area (Å²) in [4.78, 5) is 37.2. The maximum Gasteiger partial charge on any atom is 0.336 e. The molecule has 1 aromatic carbocycles. The SMILES string of the molecule is CCc1cccc(C)c1N(C(=O)CSC(NC(C)=O)C(=O)O)C(C)COC. The number of nitrogens with zero attached hydrogens (tertiary/aromatic N) is 1. The first-order chi connectivity index (χ1) is 12.7. The molecule has 0 radical (unpaired) electrons. The quantitative estimate of drug-likeness (QED) is 0.589. The number of carbonyl (C=O) groups excluding carboxylic acids is 2. The fourth-order valence-corrected chi connectivity index (χ4v) is 3.68. The first kappa shape index (κ1) is 23.0. The summed E-state index contributed by atoms with van der Waals surface area (Å²) >= 11 is 0.880. The standard InChI is InChI=1S/C19H28N2O5S/c1-6-15-9-7-8-12(2)17(15)21(13(3)10-26-5)16(23)11-27-18(19(24)25)20-14(4)22/h7-9,13,18H,6,10-11H2,1-5H3,(H,20,22)(H,24,25). The Balaban J connectivity index is 3.13. The molecule has 8 heteroatoms. The number of ether oxygens (including phenoxy) is 1. The molecule has 150 valence electrons. The third kappa shape index (κ3) is 6.55. The lowest BCUT2D eigenvalue weighted by Gasteiger charge is -2.32. The molecule has 0 heterocycles. The largest absolute Gasteiger partial charge is 0.479 e. The Kier molecular flexibility index (Phi) is 9.31. The second kappa shape index (κ2) is 10.9. The molecule has 27 heavy (non-hydrogen) atoms. The highest BCUT2D eigenvalue weighted by molar-refractivity contribution is 8.01. The Labute approximate surface area is 164 Å². The number of rotatable bonds is 10. The van der Waals surface area contributed by atoms with Crippen LogP contribution in [-0.2, 0) is 25.5 Å². The molecule has 0 saturated carbocycles. The van der Waals surface area contributed by atoms with E-state index in [0.29, 0.717) is 6.61 Å². The minimum atomic E-state index is -1.19. The molecule has 7 nitrogen and oxygen atoms in total. The van der Waals surface area contributed by atoms with Crippen LogP contribution in [0, 0.1) is 6.92 Å². The number of carboxylic acid groups (broad SMARTS) is 1. The number of methoxy groups -OCH3 is 1. The van der Waals surface area contributed by atoms with Gasteiger partial charge in [-0.05, 0) is 31.4 Å². The smallest absolute Gasteiger partial charge is 0.336 e. The fourth-order valence-electron chi connectivity index (χ4n) is 2.84. The lowest BCUT2D eigenvalue weighted by atomic mass is 10.0. The van der Waals surface area contributed by atoms with E-state index in [4.69, 9.17) is 4.74 Å². The van der Waals surface area contributed by atoms with Crippen LogP contribution < -0.4 is 10.2 Å². The number of carbonyl (C=O) groups is 3. The molecule has 2 N–H and O–H groups in total. The second-order valence-corrected chi connectivity index (χ2v) is 7.33. The van der Waals surface area contributed by atoms with Crippen molar-refractivity contribution in [3.05, 3.63) is 29.3 Å². The van der Waals surface area contributed by atoms with E-state index in [-0.39, 0.29) is 17.7 Å². The van der Waals surface area contributed by atoms with Crippen LogP contribution in [0.15, 0.2) is 18.2 Å². The number of nitrogens with one attached hydrogen (secondary N) is 1. The number of carboxylic acids is 1. The summed E-state index contributed by atoms with van der Waals surface area (Å²) in [5.74, 6) is -1.96. The van der Waals surface area contributed by atoms with Crippen molar-refractivity contribution in [1.29, 1.82) is 0 Å². The number of anilines is 1. The molecule has 0 spiro atoms. The van der Waals surface area contributed by atoms with Gasteiger partial charge in [0, 0.05) is 14.0 Å². The Bertz CT molecular complexity index is 680. The molecule has 1 rings (SSSR count). The molecular formula is C19H28N2O5S. The van der Waals surface area contributed by atoms with E-state index in [0.717, 1.165) is 35.0 Å². The van der Waals surface area contributed by atoms with E-state index >= 15 is 0 Å². The topological polar surface area (TPSA) is 95.9 Å². The highest BCUT2D eigenvalue weighted by Crippen LogP contribution is 2.29. The number of hydrogen-bond donors (Lipinski definition) is 2. The van der Waals surface area contributed by atoms with Crippen molar-refractivity contribution in [1.82, 2.24) is 5.32 Å². The molecule has 0 fully saturated rings. The molecule has 2 atom stereocenters. The van der Waals surface area contributed by atoms with Gasteiger partial charge >= 0.3 is 5.97 Å². The fraction of sp³-hybridized carbons (Fsp3) is 0.526.